The molecule has 1 heterocycles. The highest BCUT2D eigenvalue weighted by molar-refractivity contribution is 5.78. The molecule has 4 aliphatic carbocycles. The van der Waals surface area contributed by atoms with Crippen LogP contribution in [0.2, 0.25) is 0 Å². The molecule has 0 aromatic rings. The highest BCUT2D eigenvalue weighted by Crippen LogP contribution is 2.68. The van der Waals surface area contributed by atoms with E-state index in [0.29, 0.717) is 40.4 Å². The van der Waals surface area contributed by atoms with Crippen molar-refractivity contribution in [3.05, 3.63) is 0 Å². The maximum absolute atomic E-state index is 11.4. The van der Waals surface area contributed by atoms with Crippen LogP contribution < -0.4 is 0 Å². The molecule has 0 aromatic carbocycles. The average molecular weight is 446 g/mol. The van der Waals surface area contributed by atoms with Crippen molar-refractivity contribution >= 4 is 5.90 Å². The molecule has 5 rings (SSSR count). The first-order valence-corrected chi connectivity index (χ1v) is 13.6. The van der Waals surface area contributed by atoms with Gasteiger partial charge in [-0.05, 0) is 118 Å². The van der Waals surface area contributed by atoms with E-state index in [2.05, 4.69) is 34.6 Å². The molecule has 4 saturated carbocycles. The Balaban J connectivity index is 1.30. The summed E-state index contributed by atoms with van der Waals surface area (Å²) in [5.41, 5.74) is 0.622. The zero-order valence-corrected chi connectivity index (χ0v) is 21.1. The van der Waals surface area contributed by atoms with Gasteiger partial charge < -0.3 is 14.9 Å². The Morgan fingerprint density at radius 1 is 0.969 bits per heavy atom. The number of rotatable bonds is 4. The number of fused-ring (bicyclic) bond motifs is 5. The fourth-order valence-electron chi connectivity index (χ4n) is 9.52. The predicted octanol–water partition coefficient (Wildman–Crippen LogP) is 5.60. The van der Waals surface area contributed by atoms with Crippen LogP contribution in [-0.4, -0.2) is 40.5 Å². The maximum atomic E-state index is 11.4. The van der Waals surface area contributed by atoms with Crippen LogP contribution in [0.15, 0.2) is 4.99 Å². The van der Waals surface area contributed by atoms with Gasteiger partial charge >= 0.3 is 0 Å². The van der Waals surface area contributed by atoms with Gasteiger partial charge in [0.25, 0.3) is 0 Å². The van der Waals surface area contributed by atoms with E-state index in [-0.39, 0.29) is 17.7 Å². The highest BCUT2D eigenvalue weighted by atomic mass is 16.5. The van der Waals surface area contributed by atoms with E-state index in [1.165, 1.54) is 25.7 Å². The van der Waals surface area contributed by atoms with Gasteiger partial charge in [-0.2, -0.15) is 0 Å². The zero-order valence-electron chi connectivity index (χ0n) is 21.1. The minimum atomic E-state index is -0.175. The molecule has 0 aromatic heterocycles. The molecule has 182 valence electrons. The van der Waals surface area contributed by atoms with E-state index < -0.39 is 0 Å². The summed E-state index contributed by atoms with van der Waals surface area (Å²) in [7, 11) is 0. The smallest absolute Gasteiger partial charge is 0.183 e. The van der Waals surface area contributed by atoms with E-state index in [0.717, 1.165) is 56.9 Å². The number of aliphatic hydroxyl groups excluding tert-OH is 2. The number of nitrogens with zero attached hydrogens (tertiary/aromatic N) is 1. The standard InChI is InChI=1S/C28H47NO3/c1-17(6-9-24-29-26(2,3)16-32-24)20-7-8-21-25-22(11-13-28(20,21)5)27(4)12-10-19(30)14-18(27)15-23(25)31/h17-23,25,30-31H,6-16H2,1-5H3/t17-,18+,19-,20-,21+,22+,23-,25+,27+,28-/m1/s1. The van der Waals surface area contributed by atoms with Crippen molar-refractivity contribution in [2.75, 3.05) is 6.61 Å². The van der Waals surface area contributed by atoms with Crippen LogP contribution in [0.25, 0.3) is 0 Å². The third-order valence-electron chi connectivity index (χ3n) is 11.2. The first-order chi connectivity index (χ1) is 15.0. The molecule has 0 bridgehead atoms. The normalized spacial score (nSPS) is 50.6. The maximum Gasteiger partial charge on any atom is 0.183 e. The highest BCUT2D eigenvalue weighted by Gasteiger charge is 2.62. The van der Waals surface area contributed by atoms with Crippen LogP contribution in [0, 0.1) is 46.3 Å². The molecular weight excluding hydrogens is 398 g/mol. The molecule has 0 saturated heterocycles. The molecular formula is C28H47NO3. The Hall–Kier alpha value is -0.610. The molecule has 10 atom stereocenters. The molecule has 0 radical (unpaired) electrons. The second-order valence-electron chi connectivity index (χ2n) is 13.6. The van der Waals surface area contributed by atoms with Crippen molar-refractivity contribution in [3.8, 4) is 0 Å². The van der Waals surface area contributed by atoms with Gasteiger partial charge in [-0.1, -0.05) is 20.8 Å². The number of hydrogen-bond donors (Lipinski definition) is 2. The first-order valence-electron chi connectivity index (χ1n) is 13.6. The molecule has 5 aliphatic rings. The second kappa shape index (κ2) is 7.97. The van der Waals surface area contributed by atoms with Crippen molar-refractivity contribution in [1.82, 2.24) is 0 Å². The lowest BCUT2D eigenvalue weighted by molar-refractivity contribution is -0.174. The average Bonchev–Trinajstić information content (AvgIpc) is 3.26. The van der Waals surface area contributed by atoms with Crippen molar-refractivity contribution in [2.45, 2.75) is 117 Å². The third-order valence-corrected chi connectivity index (χ3v) is 11.2. The second-order valence-corrected chi connectivity index (χ2v) is 13.6. The van der Waals surface area contributed by atoms with Crippen LogP contribution in [0.4, 0.5) is 0 Å². The predicted molar refractivity (Wildman–Crippen MR) is 128 cm³/mol. The van der Waals surface area contributed by atoms with Gasteiger partial charge in [0.05, 0.1) is 17.7 Å². The lowest BCUT2D eigenvalue weighted by Gasteiger charge is -2.62. The van der Waals surface area contributed by atoms with Gasteiger partial charge in [0.15, 0.2) is 5.90 Å². The van der Waals surface area contributed by atoms with Crippen molar-refractivity contribution in [3.63, 3.8) is 0 Å². The summed E-state index contributed by atoms with van der Waals surface area (Å²) >= 11 is 0. The SMILES string of the molecule is C[C@H](CCC1=NC(C)(C)CO1)[C@H]1CC[C@H]2[C@@H]3[C@H](O)C[C@@H]4C[C@H](O)CC[C@]4(C)[C@H]3CC[C@]12C. The van der Waals surface area contributed by atoms with Crippen molar-refractivity contribution in [2.24, 2.45) is 51.3 Å². The lowest BCUT2D eigenvalue weighted by atomic mass is 9.43. The Morgan fingerprint density at radius 3 is 2.41 bits per heavy atom. The third kappa shape index (κ3) is 3.67. The van der Waals surface area contributed by atoms with E-state index in [1.54, 1.807) is 0 Å². The van der Waals surface area contributed by atoms with Gasteiger partial charge in [-0.3, -0.25) is 0 Å². The molecule has 4 nitrogen and oxygen atoms in total. The van der Waals surface area contributed by atoms with Gasteiger partial charge in [-0.25, -0.2) is 4.99 Å². The number of ether oxygens (including phenoxy) is 1. The summed E-state index contributed by atoms with van der Waals surface area (Å²) in [5, 5.41) is 21.7. The summed E-state index contributed by atoms with van der Waals surface area (Å²) in [5.74, 6) is 4.64. The molecule has 1 aliphatic heterocycles. The molecule has 32 heavy (non-hydrogen) atoms. The van der Waals surface area contributed by atoms with Gasteiger partial charge in [0, 0.05) is 6.42 Å². The summed E-state index contributed by atoms with van der Waals surface area (Å²) in [4.78, 5) is 4.78. The molecule has 2 N–H and O–H groups in total. The van der Waals surface area contributed by atoms with E-state index >= 15 is 0 Å². The summed E-state index contributed by atoms with van der Waals surface area (Å²) in [6, 6.07) is 0. The van der Waals surface area contributed by atoms with Crippen LogP contribution in [0.1, 0.15) is 98.8 Å². The molecule has 4 fully saturated rings. The molecule has 0 amide bonds. The lowest BCUT2D eigenvalue weighted by Crippen LogP contribution is -2.58. The topological polar surface area (TPSA) is 62.0 Å². The Morgan fingerprint density at radius 2 is 1.69 bits per heavy atom. The van der Waals surface area contributed by atoms with E-state index in [1.807, 2.05) is 0 Å². The number of aliphatic imine (C=N–C) groups is 1. The van der Waals surface area contributed by atoms with E-state index in [9.17, 15) is 10.2 Å². The largest absolute Gasteiger partial charge is 0.478 e. The molecule has 0 unspecified atom stereocenters. The van der Waals surface area contributed by atoms with Gasteiger partial charge in [0.1, 0.15) is 6.61 Å². The first kappa shape index (κ1) is 23.1. The minimum absolute atomic E-state index is 0.0539. The van der Waals surface area contributed by atoms with E-state index in [4.69, 9.17) is 9.73 Å². The van der Waals surface area contributed by atoms with Crippen LogP contribution in [0.3, 0.4) is 0 Å². The quantitative estimate of drug-likeness (QED) is 0.592. The van der Waals surface area contributed by atoms with Crippen molar-refractivity contribution < 1.29 is 14.9 Å². The van der Waals surface area contributed by atoms with Crippen LogP contribution in [0.5, 0.6) is 0 Å². The van der Waals surface area contributed by atoms with Gasteiger partial charge in [0.2, 0.25) is 0 Å². The number of hydrogen-bond acceptors (Lipinski definition) is 4. The summed E-state index contributed by atoms with van der Waals surface area (Å²) < 4.78 is 5.87. The zero-order chi connectivity index (χ0) is 22.9. The Bertz CT molecular complexity index is 749. The fraction of sp³-hybridized carbons (Fsp3) is 0.964. The summed E-state index contributed by atoms with van der Waals surface area (Å²) in [6.45, 7) is 12.6. The van der Waals surface area contributed by atoms with Crippen molar-refractivity contribution in [1.29, 1.82) is 0 Å². The molecule has 0 spiro atoms. The van der Waals surface area contributed by atoms with Gasteiger partial charge in [-0.15, -0.1) is 0 Å². The Labute approximate surface area is 195 Å². The minimum Gasteiger partial charge on any atom is -0.478 e. The molecule has 4 heteroatoms. The summed E-state index contributed by atoms with van der Waals surface area (Å²) in [6.07, 6.45) is 10.9. The monoisotopic (exact) mass is 445 g/mol. The Kier molecular flexibility index (Phi) is 5.76. The van der Waals surface area contributed by atoms with Crippen LogP contribution >= 0.6 is 0 Å². The number of aliphatic hydroxyl groups is 2. The fourth-order valence-corrected chi connectivity index (χ4v) is 9.52. The van der Waals surface area contributed by atoms with Crippen LogP contribution in [-0.2, 0) is 4.74 Å².